The van der Waals surface area contributed by atoms with Crippen molar-refractivity contribution in [1.29, 1.82) is 0 Å². The van der Waals surface area contributed by atoms with E-state index in [1.54, 1.807) is 12.0 Å². The normalized spacial score (nSPS) is 19.3. The Labute approximate surface area is 264 Å². The Balaban J connectivity index is 1.41. The first-order valence-corrected chi connectivity index (χ1v) is 16.1. The second-order valence-corrected chi connectivity index (χ2v) is 13.3. The molecule has 2 fully saturated rings. The number of aromatic nitrogens is 3. The zero-order valence-corrected chi connectivity index (χ0v) is 26.5. The lowest BCUT2D eigenvalue weighted by atomic mass is 9.79. The maximum atomic E-state index is 16.0. The first kappa shape index (κ1) is 29.8. The molecule has 0 aliphatic carbocycles. The monoisotopic (exact) mass is 634 g/mol. The van der Waals surface area contributed by atoms with Crippen LogP contribution >= 0.6 is 11.3 Å². The van der Waals surface area contributed by atoms with Gasteiger partial charge in [0.2, 0.25) is 5.91 Å². The summed E-state index contributed by atoms with van der Waals surface area (Å²) in [4.78, 5) is 24.3. The van der Waals surface area contributed by atoms with Gasteiger partial charge in [-0.1, -0.05) is 6.58 Å². The van der Waals surface area contributed by atoms with Crippen molar-refractivity contribution < 1.29 is 23.0 Å². The van der Waals surface area contributed by atoms with Crippen LogP contribution in [0.4, 0.5) is 14.6 Å². The van der Waals surface area contributed by atoms with Crippen LogP contribution < -0.4 is 9.64 Å². The van der Waals surface area contributed by atoms with Crippen LogP contribution in [0.15, 0.2) is 42.3 Å². The first-order chi connectivity index (χ1) is 21.7. The number of thiophene rings is 1. The summed E-state index contributed by atoms with van der Waals surface area (Å²) in [5, 5.41) is 7.85. The number of hydrogen-bond donors (Lipinski definition) is 0. The molecule has 2 saturated heterocycles. The number of pyridine rings is 1. The molecule has 4 aromatic rings. The van der Waals surface area contributed by atoms with Gasteiger partial charge in [0.1, 0.15) is 41.2 Å². The number of carbonyl (C=O) groups excluding carboxylic acids is 1. The number of ether oxygens (including phenoxy) is 2. The molecule has 1 atom stereocenters. The van der Waals surface area contributed by atoms with E-state index >= 15 is 4.39 Å². The lowest BCUT2D eigenvalue weighted by Crippen LogP contribution is -2.58. The van der Waals surface area contributed by atoms with E-state index in [-0.39, 0.29) is 41.9 Å². The Morgan fingerprint density at radius 1 is 1.16 bits per heavy atom. The van der Waals surface area contributed by atoms with Gasteiger partial charge < -0.3 is 24.2 Å². The van der Waals surface area contributed by atoms with Crippen molar-refractivity contribution in [1.82, 2.24) is 24.6 Å². The molecule has 7 rings (SSSR count). The molecule has 12 heteroatoms. The fourth-order valence-corrected chi connectivity index (χ4v) is 8.12. The van der Waals surface area contributed by atoms with Gasteiger partial charge in [0.25, 0.3) is 0 Å². The largest absolute Gasteiger partial charge is 0.490 e. The SMILES string of the molecule is C=CC(=O)N1CCn2nc(-c3nc(N4CC5(CCN(C)C5)C4)c4ccsc4c3-c3c(F)cc(F)cc3OCCOC)cc2C1C. The molecule has 1 spiro atoms. The van der Waals surface area contributed by atoms with Crippen LogP contribution in [-0.4, -0.2) is 90.6 Å². The lowest BCUT2D eigenvalue weighted by molar-refractivity contribution is -0.129. The van der Waals surface area contributed by atoms with Gasteiger partial charge >= 0.3 is 0 Å². The van der Waals surface area contributed by atoms with E-state index in [0.717, 1.165) is 60.3 Å². The second kappa shape index (κ2) is 11.5. The standard InChI is InChI=1S/C33H36F2N6O3S/c1-5-27(42)40-9-10-41-25(20(40)2)16-24(37-41)30-29(28-23(35)14-21(34)15-26(28)44-12-11-43-4)31-22(6-13-45-31)32(36-30)39-18-33(19-39)7-8-38(3)17-33/h5-6,13-16,20H,1,7-12,17-19H2,2-4H3. The van der Waals surface area contributed by atoms with Crippen molar-refractivity contribution in [3.05, 3.63) is 59.6 Å². The minimum absolute atomic E-state index is 0.0760. The van der Waals surface area contributed by atoms with Crippen molar-refractivity contribution in [3.8, 4) is 28.3 Å². The molecule has 3 aromatic heterocycles. The average Bonchev–Trinajstić information content (AvgIpc) is 3.75. The topological polar surface area (TPSA) is 76.0 Å². The molecule has 0 bridgehead atoms. The quantitative estimate of drug-likeness (QED) is 0.191. The van der Waals surface area contributed by atoms with E-state index in [9.17, 15) is 9.18 Å². The maximum Gasteiger partial charge on any atom is 0.246 e. The zero-order valence-electron chi connectivity index (χ0n) is 25.7. The number of fused-ring (bicyclic) bond motifs is 2. The Bertz CT molecular complexity index is 1800. The molecule has 236 valence electrons. The molecular formula is C33H36F2N6O3S. The number of likely N-dealkylation sites (tertiary alicyclic amines) is 1. The van der Waals surface area contributed by atoms with Crippen LogP contribution in [-0.2, 0) is 16.1 Å². The summed E-state index contributed by atoms with van der Waals surface area (Å²) in [5.74, 6) is -0.718. The first-order valence-electron chi connectivity index (χ1n) is 15.2. The van der Waals surface area contributed by atoms with Crippen molar-refractivity contribution in [2.24, 2.45) is 5.41 Å². The van der Waals surface area contributed by atoms with Gasteiger partial charge in [-0.05, 0) is 50.5 Å². The fraction of sp³-hybridized carbons (Fsp3) is 0.424. The van der Waals surface area contributed by atoms with Gasteiger partial charge in [0.15, 0.2) is 0 Å². The summed E-state index contributed by atoms with van der Waals surface area (Å²) in [5.41, 5.74) is 2.77. The molecule has 1 unspecified atom stereocenters. The Morgan fingerprint density at radius 2 is 1.98 bits per heavy atom. The van der Waals surface area contributed by atoms with E-state index in [2.05, 4.69) is 23.4 Å². The molecule has 1 amide bonds. The Hall–Kier alpha value is -3.87. The van der Waals surface area contributed by atoms with Gasteiger partial charge in [0, 0.05) is 66.5 Å². The number of rotatable bonds is 8. The molecular weight excluding hydrogens is 598 g/mol. The van der Waals surface area contributed by atoms with Crippen molar-refractivity contribution >= 4 is 33.1 Å². The third kappa shape index (κ3) is 5.08. The summed E-state index contributed by atoms with van der Waals surface area (Å²) < 4.78 is 44.4. The summed E-state index contributed by atoms with van der Waals surface area (Å²) in [6.45, 7) is 10.9. The van der Waals surface area contributed by atoms with Gasteiger partial charge in [-0.15, -0.1) is 11.3 Å². The molecule has 0 radical (unpaired) electrons. The van der Waals surface area contributed by atoms with E-state index in [1.165, 1.54) is 23.5 Å². The number of carbonyl (C=O) groups is 1. The summed E-state index contributed by atoms with van der Waals surface area (Å²) in [6.07, 6.45) is 2.47. The maximum absolute atomic E-state index is 16.0. The highest BCUT2D eigenvalue weighted by Gasteiger charge is 2.48. The molecule has 0 saturated carbocycles. The highest BCUT2D eigenvalue weighted by molar-refractivity contribution is 7.18. The highest BCUT2D eigenvalue weighted by Crippen LogP contribution is 2.50. The highest BCUT2D eigenvalue weighted by atomic mass is 32.1. The summed E-state index contributed by atoms with van der Waals surface area (Å²) >= 11 is 1.49. The third-order valence-corrected chi connectivity index (χ3v) is 10.3. The van der Waals surface area contributed by atoms with E-state index in [0.29, 0.717) is 30.0 Å². The van der Waals surface area contributed by atoms with Crippen LogP contribution in [0, 0.1) is 17.0 Å². The number of amides is 1. The van der Waals surface area contributed by atoms with Crippen LogP contribution in [0.3, 0.4) is 0 Å². The van der Waals surface area contributed by atoms with Crippen LogP contribution in [0.5, 0.6) is 5.75 Å². The number of hydrogen-bond acceptors (Lipinski definition) is 8. The van der Waals surface area contributed by atoms with Crippen molar-refractivity contribution in [3.63, 3.8) is 0 Å². The third-order valence-electron chi connectivity index (χ3n) is 9.34. The van der Waals surface area contributed by atoms with Crippen LogP contribution in [0.25, 0.3) is 32.6 Å². The number of halogens is 2. The van der Waals surface area contributed by atoms with Crippen LogP contribution in [0.1, 0.15) is 25.1 Å². The minimum atomic E-state index is -0.745. The number of methoxy groups -OCH3 is 1. The fourth-order valence-electron chi connectivity index (χ4n) is 7.17. The summed E-state index contributed by atoms with van der Waals surface area (Å²) in [6, 6.07) is 5.79. The minimum Gasteiger partial charge on any atom is -0.490 e. The smallest absolute Gasteiger partial charge is 0.246 e. The second-order valence-electron chi connectivity index (χ2n) is 12.4. The number of nitrogens with zero attached hydrogens (tertiary/aromatic N) is 6. The predicted molar refractivity (Wildman–Crippen MR) is 171 cm³/mol. The van der Waals surface area contributed by atoms with E-state index in [4.69, 9.17) is 19.6 Å². The van der Waals surface area contributed by atoms with Gasteiger partial charge in [-0.25, -0.2) is 13.8 Å². The Kier molecular flexibility index (Phi) is 7.61. The Morgan fingerprint density at radius 3 is 2.71 bits per heavy atom. The molecule has 6 heterocycles. The molecule has 3 aliphatic rings. The van der Waals surface area contributed by atoms with E-state index in [1.807, 2.05) is 29.1 Å². The molecule has 1 aromatic carbocycles. The lowest BCUT2D eigenvalue weighted by Gasteiger charge is -2.49. The van der Waals surface area contributed by atoms with E-state index < -0.39 is 11.6 Å². The number of anilines is 1. The molecule has 9 nitrogen and oxygen atoms in total. The van der Waals surface area contributed by atoms with Gasteiger partial charge in [0.05, 0.1) is 30.5 Å². The van der Waals surface area contributed by atoms with Crippen LogP contribution in [0.2, 0.25) is 0 Å². The van der Waals surface area contributed by atoms with Gasteiger partial charge in [-0.2, -0.15) is 5.10 Å². The van der Waals surface area contributed by atoms with Crippen molar-refractivity contribution in [2.45, 2.75) is 25.9 Å². The predicted octanol–water partition coefficient (Wildman–Crippen LogP) is 5.36. The summed E-state index contributed by atoms with van der Waals surface area (Å²) in [7, 11) is 3.70. The zero-order chi connectivity index (χ0) is 31.5. The number of benzene rings is 1. The van der Waals surface area contributed by atoms with Crippen molar-refractivity contribution in [2.75, 3.05) is 65.0 Å². The molecule has 0 N–H and O–H groups in total. The molecule has 3 aliphatic heterocycles. The molecule has 45 heavy (non-hydrogen) atoms. The average molecular weight is 635 g/mol. The van der Waals surface area contributed by atoms with Gasteiger partial charge in [-0.3, -0.25) is 9.48 Å².